The Morgan fingerprint density at radius 2 is 0.794 bits per heavy atom. The van der Waals surface area contributed by atoms with Crippen LogP contribution in [0.1, 0.15) is 11.1 Å². The third-order valence-electron chi connectivity index (χ3n) is 6.03. The van der Waals surface area contributed by atoms with E-state index in [1.165, 1.54) is 0 Å². The molecule has 164 valence electrons. The van der Waals surface area contributed by atoms with Gasteiger partial charge in [-0.25, -0.2) is 9.97 Å². The number of pyridine rings is 2. The molecule has 0 fully saturated rings. The molecule has 0 spiro atoms. The minimum atomic E-state index is -2.34. The Labute approximate surface area is 196 Å². The van der Waals surface area contributed by atoms with Crippen LogP contribution >= 0.6 is 8.25 Å². The Morgan fingerprint density at radius 3 is 1.12 bits per heavy atom. The number of hydrogen-bond donors (Lipinski definition) is 0. The quantitative estimate of drug-likeness (QED) is 0.189. The standard InChI is InChI=1S/C28H20N2O3P/c31-34(32-17-23-19-9-1-5-13-25(19)29-26-14-6-2-10-20(23)26)33-18-24-21-11-3-7-15-27(21)30-28-16-8-4-12-22(24)28/h1-16H,17-18H2/q+1. The lowest BCUT2D eigenvalue weighted by molar-refractivity contribution is 0.215. The molecule has 0 bridgehead atoms. The van der Waals surface area contributed by atoms with E-state index >= 15 is 0 Å². The topological polar surface area (TPSA) is 61.3 Å². The molecule has 2 heterocycles. The fraction of sp³-hybridized carbons (Fsp3) is 0.0714. The molecule has 0 N–H and O–H groups in total. The second-order valence-corrected chi connectivity index (χ2v) is 8.98. The van der Waals surface area contributed by atoms with Crippen molar-refractivity contribution >= 4 is 51.9 Å². The summed E-state index contributed by atoms with van der Waals surface area (Å²) in [6.07, 6.45) is 0. The average Bonchev–Trinajstić information content (AvgIpc) is 2.89. The fourth-order valence-electron chi connectivity index (χ4n) is 4.44. The van der Waals surface area contributed by atoms with Gasteiger partial charge in [0.15, 0.2) is 0 Å². The summed E-state index contributed by atoms with van der Waals surface area (Å²) in [4.78, 5) is 9.47. The minimum absolute atomic E-state index is 0.163. The van der Waals surface area contributed by atoms with Crippen LogP contribution in [0.3, 0.4) is 0 Å². The Kier molecular flexibility index (Phi) is 5.44. The second-order valence-electron chi connectivity index (χ2n) is 8.02. The van der Waals surface area contributed by atoms with E-state index in [4.69, 9.17) is 19.0 Å². The van der Waals surface area contributed by atoms with Gasteiger partial charge in [0.05, 0.1) is 22.1 Å². The molecule has 0 aliphatic heterocycles. The molecular formula is C28H20N2O3P+. The Balaban J connectivity index is 1.28. The summed E-state index contributed by atoms with van der Waals surface area (Å²) in [5, 5.41) is 3.93. The van der Waals surface area contributed by atoms with Crippen molar-refractivity contribution in [1.82, 2.24) is 9.97 Å². The van der Waals surface area contributed by atoms with E-state index in [9.17, 15) is 4.57 Å². The zero-order chi connectivity index (χ0) is 22.9. The third kappa shape index (κ3) is 3.80. The van der Waals surface area contributed by atoms with E-state index < -0.39 is 8.25 Å². The van der Waals surface area contributed by atoms with Crippen molar-refractivity contribution in [2.45, 2.75) is 13.2 Å². The molecule has 0 radical (unpaired) electrons. The van der Waals surface area contributed by atoms with Crippen molar-refractivity contribution in [2.24, 2.45) is 0 Å². The van der Waals surface area contributed by atoms with Crippen molar-refractivity contribution in [3.63, 3.8) is 0 Å². The van der Waals surface area contributed by atoms with E-state index in [-0.39, 0.29) is 13.2 Å². The van der Waals surface area contributed by atoms with Gasteiger partial charge in [-0.3, -0.25) is 0 Å². The maximum absolute atomic E-state index is 12.8. The number of hydrogen-bond acceptors (Lipinski definition) is 5. The predicted molar refractivity (Wildman–Crippen MR) is 136 cm³/mol. The Morgan fingerprint density at radius 1 is 0.500 bits per heavy atom. The molecular weight excluding hydrogens is 443 g/mol. The van der Waals surface area contributed by atoms with Gasteiger partial charge in [0.25, 0.3) is 0 Å². The number of nitrogens with zero attached hydrogens (tertiary/aromatic N) is 2. The lowest BCUT2D eigenvalue weighted by atomic mass is 10.0. The SMILES string of the molecule is O=[P+](OCc1c2ccccc2nc2ccccc12)OCc1c2ccccc2nc2ccccc12. The molecule has 0 saturated heterocycles. The van der Waals surface area contributed by atoms with E-state index in [0.717, 1.165) is 54.7 Å². The zero-order valence-electron chi connectivity index (χ0n) is 18.2. The molecule has 0 saturated carbocycles. The Bertz CT molecular complexity index is 1470. The highest BCUT2D eigenvalue weighted by molar-refractivity contribution is 7.33. The normalized spacial score (nSPS) is 11.5. The van der Waals surface area contributed by atoms with Crippen molar-refractivity contribution in [1.29, 1.82) is 0 Å². The van der Waals surface area contributed by atoms with Crippen LogP contribution in [0.5, 0.6) is 0 Å². The average molecular weight is 463 g/mol. The van der Waals surface area contributed by atoms with Gasteiger partial charge in [-0.2, -0.15) is 0 Å². The van der Waals surface area contributed by atoms with Crippen LogP contribution < -0.4 is 0 Å². The van der Waals surface area contributed by atoms with Crippen LogP contribution in [0.4, 0.5) is 0 Å². The molecule has 0 amide bonds. The van der Waals surface area contributed by atoms with Crippen molar-refractivity contribution in [2.75, 3.05) is 0 Å². The summed E-state index contributed by atoms with van der Waals surface area (Å²) in [6, 6.07) is 31.7. The van der Waals surface area contributed by atoms with Crippen LogP contribution in [-0.2, 0) is 26.8 Å². The number of para-hydroxylation sites is 4. The molecule has 34 heavy (non-hydrogen) atoms. The van der Waals surface area contributed by atoms with E-state index in [1.807, 2.05) is 97.1 Å². The predicted octanol–water partition coefficient (Wildman–Crippen LogP) is 7.48. The van der Waals surface area contributed by atoms with Crippen LogP contribution in [0.25, 0.3) is 43.6 Å². The van der Waals surface area contributed by atoms with Crippen LogP contribution in [0, 0.1) is 0 Å². The largest absolute Gasteiger partial charge is 0.698 e. The van der Waals surface area contributed by atoms with Gasteiger partial charge in [0, 0.05) is 37.2 Å². The van der Waals surface area contributed by atoms with Crippen LogP contribution in [-0.4, -0.2) is 9.97 Å². The molecule has 0 aliphatic rings. The third-order valence-corrected chi connectivity index (χ3v) is 6.71. The summed E-state index contributed by atoms with van der Waals surface area (Å²) in [6.45, 7) is 0.327. The first-order valence-electron chi connectivity index (χ1n) is 11.0. The first kappa shape index (κ1) is 20.8. The summed E-state index contributed by atoms with van der Waals surface area (Å²) in [7, 11) is -2.34. The van der Waals surface area contributed by atoms with Crippen LogP contribution in [0.2, 0.25) is 0 Å². The van der Waals surface area contributed by atoms with Crippen LogP contribution in [0.15, 0.2) is 97.1 Å². The molecule has 0 aliphatic carbocycles. The van der Waals surface area contributed by atoms with Crippen molar-refractivity contribution in [3.8, 4) is 0 Å². The van der Waals surface area contributed by atoms with Gasteiger partial charge in [-0.05, 0) is 24.3 Å². The molecule has 6 heteroatoms. The lowest BCUT2D eigenvalue weighted by Crippen LogP contribution is -1.96. The van der Waals surface area contributed by atoms with E-state index in [2.05, 4.69) is 0 Å². The first-order chi connectivity index (χ1) is 16.8. The highest BCUT2D eigenvalue weighted by Crippen LogP contribution is 2.34. The van der Waals surface area contributed by atoms with Gasteiger partial charge in [-0.15, -0.1) is 9.05 Å². The Hall–Kier alpha value is -3.76. The summed E-state index contributed by atoms with van der Waals surface area (Å²) in [5.74, 6) is 0. The van der Waals surface area contributed by atoms with Gasteiger partial charge in [0.2, 0.25) is 0 Å². The molecule has 0 atom stereocenters. The molecule has 2 aromatic heterocycles. The van der Waals surface area contributed by atoms with Crippen molar-refractivity contribution < 1.29 is 13.6 Å². The molecule has 5 nitrogen and oxygen atoms in total. The maximum Gasteiger partial charge on any atom is 0.698 e. The number of rotatable bonds is 6. The van der Waals surface area contributed by atoms with Gasteiger partial charge in [-0.1, -0.05) is 72.8 Å². The summed E-state index contributed by atoms with van der Waals surface area (Å²) < 4.78 is 24.3. The summed E-state index contributed by atoms with van der Waals surface area (Å²) in [5.41, 5.74) is 5.42. The van der Waals surface area contributed by atoms with Gasteiger partial charge in [0.1, 0.15) is 13.2 Å². The van der Waals surface area contributed by atoms with Gasteiger partial charge < -0.3 is 0 Å². The molecule has 6 rings (SSSR count). The highest BCUT2D eigenvalue weighted by Gasteiger charge is 2.24. The lowest BCUT2D eigenvalue weighted by Gasteiger charge is -2.09. The second kappa shape index (κ2) is 8.88. The minimum Gasteiger partial charge on any atom is -0.248 e. The highest BCUT2D eigenvalue weighted by atomic mass is 31.1. The molecule has 0 unspecified atom stereocenters. The number of fused-ring (bicyclic) bond motifs is 4. The van der Waals surface area contributed by atoms with E-state index in [0.29, 0.717) is 0 Å². The van der Waals surface area contributed by atoms with E-state index in [1.54, 1.807) is 0 Å². The van der Waals surface area contributed by atoms with Gasteiger partial charge >= 0.3 is 8.25 Å². The number of aromatic nitrogens is 2. The monoisotopic (exact) mass is 463 g/mol. The molecule has 6 aromatic rings. The summed E-state index contributed by atoms with van der Waals surface area (Å²) >= 11 is 0. The maximum atomic E-state index is 12.8. The zero-order valence-corrected chi connectivity index (χ0v) is 19.1. The fourth-order valence-corrected chi connectivity index (χ4v) is 4.98. The van der Waals surface area contributed by atoms with Crippen molar-refractivity contribution in [3.05, 3.63) is 108 Å². The molecule has 4 aromatic carbocycles. The smallest absolute Gasteiger partial charge is 0.248 e. The number of benzene rings is 4. The first-order valence-corrected chi connectivity index (χ1v) is 12.1.